The number of amides is 1. The number of nitro benzene ring substituents is 1. The Balaban J connectivity index is 1.77. The number of carbonyl (C=O) groups excluding carboxylic acids is 1. The first-order valence-corrected chi connectivity index (χ1v) is 7.27. The molecular weight excluding hydrogens is 332 g/mol. The molecule has 0 atom stereocenters. The number of aromatic nitrogens is 2. The summed E-state index contributed by atoms with van der Waals surface area (Å²) in [5.41, 5.74) is 1.34. The molecule has 0 saturated heterocycles. The molecule has 120 valence electrons. The number of nitro groups is 1. The van der Waals surface area contributed by atoms with Gasteiger partial charge in [-0.15, -0.1) is 0 Å². The number of hydrogen-bond donors (Lipinski definition) is 1. The molecule has 7 nitrogen and oxygen atoms in total. The lowest BCUT2D eigenvalue weighted by molar-refractivity contribution is -0.384. The van der Waals surface area contributed by atoms with Gasteiger partial charge in [0.15, 0.2) is 0 Å². The predicted molar refractivity (Wildman–Crippen MR) is 89.6 cm³/mol. The van der Waals surface area contributed by atoms with E-state index in [0.29, 0.717) is 16.3 Å². The summed E-state index contributed by atoms with van der Waals surface area (Å²) >= 11 is 5.84. The molecule has 0 fully saturated rings. The van der Waals surface area contributed by atoms with Gasteiger partial charge in [-0.3, -0.25) is 14.9 Å². The van der Waals surface area contributed by atoms with Crippen molar-refractivity contribution in [1.82, 2.24) is 9.78 Å². The van der Waals surface area contributed by atoms with Crippen molar-refractivity contribution in [2.75, 3.05) is 5.32 Å². The van der Waals surface area contributed by atoms with Crippen molar-refractivity contribution in [3.05, 3.63) is 81.6 Å². The Labute approximate surface area is 141 Å². The van der Waals surface area contributed by atoms with Gasteiger partial charge in [-0.05, 0) is 30.3 Å². The van der Waals surface area contributed by atoms with Gasteiger partial charge in [-0.1, -0.05) is 17.7 Å². The van der Waals surface area contributed by atoms with Crippen molar-refractivity contribution in [2.24, 2.45) is 0 Å². The van der Waals surface area contributed by atoms with Crippen molar-refractivity contribution in [3.63, 3.8) is 0 Å². The highest BCUT2D eigenvalue weighted by Gasteiger charge is 2.12. The third-order valence-corrected chi connectivity index (χ3v) is 3.50. The van der Waals surface area contributed by atoms with E-state index >= 15 is 0 Å². The van der Waals surface area contributed by atoms with Crippen molar-refractivity contribution < 1.29 is 9.72 Å². The van der Waals surface area contributed by atoms with Gasteiger partial charge in [-0.25, -0.2) is 4.68 Å². The van der Waals surface area contributed by atoms with E-state index in [1.807, 2.05) is 0 Å². The van der Waals surface area contributed by atoms with Crippen LogP contribution in [0.1, 0.15) is 10.4 Å². The fourth-order valence-electron chi connectivity index (χ4n) is 2.08. The van der Waals surface area contributed by atoms with Crippen LogP contribution >= 0.6 is 11.6 Å². The molecule has 0 unspecified atom stereocenters. The molecule has 3 aromatic rings. The van der Waals surface area contributed by atoms with Crippen LogP contribution in [-0.4, -0.2) is 20.6 Å². The van der Waals surface area contributed by atoms with Crippen LogP contribution in [-0.2, 0) is 0 Å². The maximum Gasteiger partial charge on any atom is 0.271 e. The van der Waals surface area contributed by atoms with Crippen LogP contribution < -0.4 is 5.32 Å². The van der Waals surface area contributed by atoms with Gasteiger partial charge < -0.3 is 5.32 Å². The van der Waals surface area contributed by atoms with Gasteiger partial charge in [0.2, 0.25) is 0 Å². The minimum absolute atomic E-state index is 0.0929. The number of anilines is 1. The Morgan fingerprint density at radius 1 is 1.21 bits per heavy atom. The van der Waals surface area contributed by atoms with Crippen LogP contribution in [0.5, 0.6) is 0 Å². The number of rotatable bonds is 4. The number of benzene rings is 2. The second-order valence-corrected chi connectivity index (χ2v) is 5.35. The molecule has 1 N–H and O–H groups in total. The minimum Gasteiger partial charge on any atom is -0.322 e. The summed E-state index contributed by atoms with van der Waals surface area (Å²) in [5.74, 6) is -0.407. The molecule has 3 rings (SSSR count). The van der Waals surface area contributed by atoms with Gasteiger partial charge in [0.05, 0.1) is 22.4 Å². The molecule has 0 aliphatic heterocycles. The first kappa shape index (κ1) is 15.7. The van der Waals surface area contributed by atoms with Crippen LogP contribution in [0.25, 0.3) is 5.69 Å². The summed E-state index contributed by atoms with van der Waals surface area (Å²) in [7, 11) is 0. The number of carbonyl (C=O) groups is 1. The van der Waals surface area contributed by atoms with Gasteiger partial charge in [-0.2, -0.15) is 5.10 Å². The number of nitrogens with one attached hydrogen (secondary N) is 1. The van der Waals surface area contributed by atoms with Crippen molar-refractivity contribution in [3.8, 4) is 5.69 Å². The van der Waals surface area contributed by atoms with E-state index in [1.54, 1.807) is 41.2 Å². The Hall–Kier alpha value is -3.19. The average Bonchev–Trinajstić information content (AvgIpc) is 3.06. The normalized spacial score (nSPS) is 10.4. The van der Waals surface area contributed by atoms with Gasteiger partial charge in [0.1, 0.15) is 0 Å². The lowest BCUT2D eigenvalue weighted by Crippen LogP contribution is -2.11. The Morgan fingerprint density at radius 3 is 2.67 bits per heavy atom. The molecule has 0 saturated carbocycles. The molecular formula is C16H11ClN4O3. The van der Waals surface area contributed by atoms with Crippen molar-refractivity contribution >= 4 is 28.9 Å². The average molecular weight is 343 g/mol. The zero-order valence-electron chi connectivity index (χ0n) is 12.2. The third kappa shape index (κ3) is 3.41. The summed E-state index contributed by atoms with van der Waals surface area (Å²) < 4.78 is 1.54. The molecule has 1 aromatic heterocycles. The second kappa shape index (κ2) is 6.51. The second-order valence-electron chi connectivity index (χ2n) is 4.91. The molecule has 0 aliphatic carbocycles. The Morgan fingerprint density at radius 2 is 1.96 bits per heavy atom. The quantitative estimate of drug-likeness (QED) is 0.578. The van der Waals surface area contributed by atoms with Crippen LogP contribution in [0.2, 0.25) is 5.02 Å². The van der Waals surface area contributed by atoms with Gasteiger partial charge in [0.25, 0.3) is 11.6 Å². The monoisotopic (exact) mass is 342 g/mol. The largest absolute Gasteiger partial charge is 0.322 e. The predicted octanol–water partition coefficient (Wildman–Crippen LogP) is 3.69. The van der Waals surface area contributed by atoms with E-state index in [-0.39, 0.29) is 5.69 Å². The van der Waals surface area contributed by atoms with E-state index in [9.17, 15) is 14.9 Å². The highest BCUT2D eigenvalue weighted by atomic mass is 35.5. The smallest absolute Gasteiger partial charge is 0.271 e. The molecule has 0 spiro atoms. The van der Waals surface area contributed by atoms with Crippen molar-refractivity contribution in [2.45, 2.75) is 0 Å². The number of non-ortho nitro benzene ring substituents is 1. The maximum atomic E-state index is 12.2. The lowest BCUT2D eigenvalue weighted by Gasteiger charge is -2.03. The fourth-order valence-corrected chi connectivity index (χ4v) is 2.20. The summed E-state index contributed by atoms with van der Waals surface area (Å²) in [6.07, 6.45) is 2.98. The lowest BCUT2D eigenvalue weighted by atomic mass is 10.2. The number of nitrogens with zero attached hydrogens (tertiary/aromatic N) is 3. The summed E-state index contributed by atoms with van der Waals surface area (Å²) in [6, 6.07) is 12.7. The molecule has 2 aromatic carbocycles. The minimum atomic E-state index is -0.520. The van der Waals surface area contributed by atoms with Crippen molar-refractivity contribution in [1.29, 1.82) is 0 Å². The molecule has 8 heteroatoms. The first-order valence-electron chi connectivity index (χ1n) is 6.89. The van der Waals surface area contributed by atoms with Crippen LogP contribution in [0.4, 0.5) is 11.4 Å². The SMILES string of the molecule is O=C(Nc1cccc([N+](=O)[O-])c1)c1cnn(-c2ccc(Cl)cc2)c1. The number of halogens is 1. The highest BCUT2D eigenvalue weighted by Crippen LogP contribution is 2.18. The van der Waals surface area contributed by atoms with Crippen LogP contribution in [0.3, 0.4) is 0 Å². The van der Waals surface area contributed by atoms with E-state index in [1.165, 1.54) is 24.4 Å². The van der Waals surface area contributed by atoms with E-state index in [2.05, 4.69) is 10.4 Å². The Bertz CT molecular complexity index is 906. The third-order valence-electron chi connectivity index (χ3n) is 3.25. The standard InChI is InChI=1S/C16H11ClN4O3/c17-12-4-6-14(7-5-12)20-10-11(9-18-20)16(22)19-13-2-1-3-15(8-13)21(23)24/h1-10H,(H,19,22). The zero-order valence-corrected chi connectivity index (χ0v) is 13.0. The molecule has 1 amide bonds. The molecule has 24 heavy (non-hydrogen) atoms. The van der Waals surface area contributed by atoms with Crippen LogP contribution in [0.15, 0.2) is 60.9 Å². The summed E-state index contributed by atoms with van der Waals surface area (Å²) in [6.45, 7) is 0. The number of hydrogen-bond acceptors (Lipinski definition) is 4. The molecule has 0 aliphatic rings. The van der Waals surface area contributed by atoms with E-state index in [4.69, 9.17) is 11.6 Å². The maximum absolute atomic E-state index is 12.2. The highest BCUT2D eigenvalue weighted by molar-refractivity contribution is 6.30. The molecule has 0 bridgehead atoms. The van der Waals surface area contributed by atoms with Crippen LogP contribution in [0, 0.1) is 10.1 Å². The molecule has 1 heterocycles. The Kier molecular flexibility index (Phi) is 4.26. The van der Waals surface area contributed by atoms with Gasteiger partial charge >= 0.3 is 0 Å². The zero-order chi connectivity index (χ0) is 17.1. The summed E-state index contributed by atoms with van der Waals surface area (Å²) in [4.78, 5) is 22.5. The van der Waals surface area contributed by atoms with Gasteiger partial charge in [0, 0.05) is 29.0 Å². The van der Waals surface area contributed by atoms with E-state index in [0.717, 1.165) is 5.69 Å². The summed E-state index contributed by atoms with van der Waals surface area (Å²) in [5, 5.41) is 18.1. The first-order chi connectivity index (χ1) is 11.5. The fraction of sp³-hybridized carbons (Fsp3) is 0. The topological polar surface area (TPSA) is 90.1 Å². The molecule has 0 radical (unpaired) electrons. The van der Waals surface area contributed by atoms with E-state index < -0.39 is 10.8 Å².